The van der Waals surface area contributed by atoms with Crippen LogP contribution >= 0.6 is 12.4 Å². The number of piperidine rings is 1. The lowest BCUT2D eigenvalue weighted by Crippen LogP contribution is -2.46. The SMILES string of the molecule is Cc1ccc(CN(C)C(=O)C2CCCCN2)o1.Cl. The molecule has 1 unspecified atom stereocenters. The van der Waals surface area contributed by atoms with Crippen molar-refractivity contribution in [3.8, 4) is 0 Å². The number of aryl methyl sites for hydroxylation is 1. The minimum atomic E-state index is -0.00944. The van der Waals surface area contributed by atoms with E-state index in [0.29, 0.717) is 6.54 Å². The van der Waals surface area contributed by atoms with Crippen LogP contribution in [0.25, 0.3) is 0 Å². The van der Waals surface area contributed by atoms with Gasteiger partial charge in [-0.3, -0.25) is 4.79 Å². The second-order valence-electron chi connectivity index (χ2n) is 4.71. The van der Waals surface area contributed by atoms with Gasteiger partial charge in [0.2, 0.25) is 5.91 Å². The molecule has 2 heterocycles. The fourth-order valence-electron chi connectivity index (χ4n) is 2.21. The molecule has 2 rings (SSSR count). The molecule has 1 amide bonds. The van der Waals surface area contributed by atoms with Crippen LogP contribution in [0, 0.1) is 6.92 Å². The van der Waals surface area contributed by atoms with Crippen LogP contribution in [0.2, 0.25) is 0 Å². The molecule has 0 aliphatic carbocycles. The first-order valence-corrected chi connectivity index (χ1v) is 6.20. The molecule has 1 aromatic heterocycles. The van der Waals surface area contributed by atoms with Gasteiger partial charge in [0.05, 0.1) is 12.6 Å². The zero-order valence-electron chi connectivity index (χ0n) is 10.9. The first kappa shape index (κ1) is 15.1. The largest absolute Gasteiger partial charge is 0.464 e. The van der Waals surface area contributed by atoms with E-state index in [1.54, 1.807) is 4.90 Å². The van der Waals surface area contributed by atoms with Crippen molar-refractivity contribution in [3.63, 3.8) is 0 Å². The van der Waals surface area contributed by atoms with Gasteiger partial charge in [0.15, 0.2) is 0 Å². The van der Waals surface area contributed by atoms with Crippen molar-refractivity contribution in [2.24, 2.45) is 0 Å². The quantitative estimate of drug-likeness (QED) is 0.917. The van der Waals surface area contributed by atoms with Gasteiger partial charge in [-0.25, -0.2) is 0 Å². The Morgan fingerprint density at radius 3 is 2.83 bits per heavy atom. The number of hydrogen-bond donors (Lipinski definition) is 1. The van der Waals surface area contributed by atoms with E-state index in [1.165, 1.54) is 6.42 Å². The maximum Gasteiger partial charge on any atom is 0.239 e. The molecule has 0 aromatic carbocycles. The Bertz CT molecular complexity index is 386. The van der Waals surface area contributed by atoms with Gasteiger partial charge < -0.3 is 14.6 Å². The molecule has 0 spiro atoms. The van der Waals surface area contributed by atoms with E-state index in [0.717, 1.165) is 30.9 Å². The van der Waals surface area contributed by atoms with Crippen molar-refractivity contribution in [2.45, 2.75) is 38.8 Å². The van der Waals surface area contributed by atoms with Crippen LogP contribution in [0.3, 0.4) is 0 Å². The smallest absolute Gasteiger partial charge is 0.239 e. The van der Waals surface area contributed by atoms with E-state index in [4.69, 9.17) is 4.42 Å². The first-order valence-electron chi connectivity index (χ1n) is 6.20. The fraction of sp³-hybridized carbons (Fsp3) is 0.615. The second kappa shape index (κ2) is 6.81. The number of nitrogens with one attached hydrogen (secondary N) is 1. The van der Waals surface area contributed by atoms with E-state index in [9.17, 15) is 4.79 Å². The number of furan rings is 1. The summed E-state index contributed by atoms with van der Waals surface area (Å²) in [5.41, 5.74) is 0. The summed E-state index contributed by atoms with van der Waals surface area (Å²) in [4.78, 5) is 13.9. The van der Waals surface area contributed by atoms with Crippen LogP contribution < -0.4 is 5.32 Å². The Morgan fingerprint density at radius 2 is 2.28 bits per heavy atom. The minimum Gasteiger partial charge on any atom is -0.464 e. The molecule has 1 N–H and O–H groups in total. The molecule has 1 saturated heterocycles. The number of rotatable bonds is 3. The zero-order valence-corrected chi connectivity index (χ0v) is 11.8. The van der Waals surface area contributed by atoms with E-state index < -0.39 is 0 Å². The lowest BCUT2D eigenvalue weighted by Gasteiger charge is -2.26. The topological polar surface area (TPSA) is 45.5 Å². The summed E-state index contributed by atoms with van der Waals surface area (Å²) in [6.45, 7) is 3.41. The van der Waals surface area contributed by atoms with Crippen LogP contribution in [0.4, 0.5) is 0 Å². The molecule has 4 nitrogen and oxygen atoms in total. The Kier molecular flexibility index (Phi) is 5.69. The molecule has 1 aromatic rings. The summed E-state index contributed by atoms with van der Waals surface area (Å²) >= 11 is 0. The molecule has 1 aliphatic heterocycles. The van der Waals surface area contributed by atoms with Gasteiger partial charge in [-0.15, -0.1) is 12.4 Å². The standard InChI is InChI=1S/C13H20N2O2.ClH/c1-10-6-7-11(17-10)9-15(2)13(16)12-5-3-4-8-14-12;/h6-7,12,14H,3-5,8-9H2,1-2H3;1H. The van der Waals surface area contributed by atoms with Crippen molar-refractivity contribution >= 4 is 18.3 Å². The summed E-state index contributed by atoms with van der Waals surface area (Å²) in [6.07, 6.45) is 3.25. The third kappa shape index (κ3) is 3.75. The van der Waals surface area contributed by atoms with Gasteiger partial charge in [-0.05, 0) is 38.4 Å². The highest BCUT2D eigenvalue weighted by atomic mass is 35.5. The van der Waals surface area contributed by atoms with Crippen molar-refractivity contribution < 1.29 is 9.21 Å². The number of likely N-dealkylation sites (N-methyl/N-ethyl adjacent to an activating group) is 1. The molecule has 1 atom stereocenters. The number of halogens is 1. The van der Waals surface area contributed by atoms with Crippen molar-refractivity contribution in [2.75, 3.05) is 13.6 Å². The Balaban J connectivity index is 0.00000162. The lowest BCUT2D eigenvalue weighted by atomic mass is 10.0. The molecule has 1 aliphatic rings. The van der Waals surface area contributed by atoms with E-state index >= 15 is 0 Å². The lowest BCUT2D eigenvalue weighted by molar-refractivity contribution is -0.133. The van der Waals surface area contributed by atoms with E-state index in [2.05, 4.69) is 5.32 Å². The summed E-state index contributed by atoms with van der Waals surface area (Å²) in [5.74, 6) is 1.89. The molecule has 18 heavy (non-hydrogen) atoms. The summed E-state index contributed by atoms with van der Waals surface area (Å²) in [5, 5.41) is 3.27. The Morgan fingerprint density at radius 1 is 1.50 bits per heavy atom. The van der Waals surface area contributed by atoms with E-state index in [-0.39, 0.29) is 24.4 Å². The molecular weight excluding hydrogens is 252 g/mol. The number of carbonyl (C=O) groups excluding carboxylic acids is 1. The zero-order chi connectivity index (χ0) is 12.3. The van der Waals surface area contributed by atoms with Crippen LogP contribution in [-0.2, 0) is 11.3 Å². The molecule has 0 bridgehead atoms. The molecule has 5 heteroatoms. The molecule has 0 radical (unpaired) electrons. The van der Waals surface area contributed by atoms with Crippen LogP contribution in [0.5, 0.6) is 0 Å². The Hall–Kier alpha value is -1.00. The second-order valence-corrected chi connectivity index (χ2v) is 4.71. The monoisotopic (exact) mass is 272 g/mol. The third-order valence-corrected chi connectivity index (χ3v) is 3.17. The average Bonchev–Trinajstić information content (AvgIpc) is 2.75. The van der Waals surface area contributed by atoms with Gasteiger partial charge in [-0.2, -0.15) is 0 Å². The van der Waals surface area contributed by atoms with Crippen molar-refractivity contribution in [3.05, 3.63) is 23.7 Å². The third-order valence-electron chi connectivity index (χ3n) is 3.17. The highest BCUT2D eigenvalue weighted by molar-refractivity contribution is 5.85. The van der Waals surface area contributed by atoms with Crippen LogP contribution in [0.15, 0.2) is 16.5 Å². The van der Waals surface area contributed by atoms with Crippen molar-refractivity contribution in [1.29, 1.82) is 0 Å². The van der Waals surface area contributed by atoms with Crippen LogP contribution in [-0.4, -0.2) is 30.4 Å². The minimum absolute atomic E-state index is 0. The van der Waals surface area contributed by atoms with Gasteiger partial charge in [0, 0.05) is 7.05 Å². The first-order chi connectivity index (χ1) is 8.16. The summed E-state index contributed by atoms with van der Waals surface area (Å²) in [6, 6.07) is 3.84. The molecular formula is C13H21ClN2O2. The van der Waals surface area contributed by atoms with Gasteiger partial charge in [0.25, 0.3) is 0 Å². The number of hydrogen-bond acceptors (Lipinski definition) is 3. The predicted molar refractivity (Wildman–Crippen MR) is 72.8 cm³/mol. The molecule has 1 fully saturated rings. The van der Waals surface area contributed by atoms with E-state index in [1.807, 2.05) is 26.1 Å². The van der Waals surface area contributed by atoms with Crippen LogP contribution in [0.1, 0.15) is 30.8 Å². The Labute approximate surface area is 114 Å². The molecule has 0 saturated carbocycles. The van der Waals surface area contributed by atoms with Crippen molar-refractivity contribution in [1.82, 2.24) is 10.2 Å². The average molecular weight is 273 g/mol. The molecule has 102 valence electrons. The number of carbonyl (C=O) groups is 1. The fourth-order valence-corrected chi connectivity index (χ4v) is 2.21. The number of nitrogens with zero attached hydrogens (tertiary/aromatic N) is 1. The van der Waals surface area contributed by atoms with Gasteiger partial charge >= 0.3 is 0 Å². The maximum absolute atomic E-state index is 12.1. The highest BCUT2D eigenvalue weighted by Gasteiger charge is 2.23. The number of amides is 1. The summed E-state index contributed by atoms with van der Waals surface area (Å²) < 4.78 is 5.48. The predicted octanol–water partition coefficient (Wildman–Crippen LogP) is 2.11. The summed E-state index contributed by atoms with van der Waals surface area (Å²) in [7, 11) is 1.83. The highest BCUT2D eigenvalue weighted by Crippen LogP contribution is 2.12. The maximum atomic E-state index is 12.1. The normalized spacial score (nSPS) is 19.1. The van der Waals surface area contributed by atoms with Gasteiger partial charge in [0.1, 0.15) is 11.5 Å². The van der Waals surface area contributed by atoms with Gasteiger partial charge in [-0.1, -0.05) is 6.42 Å².